The number of hydrogen-bond donors (Lipinski definition) is 0. The van der Waals surface area contributed by atoms with Crippen LogP contribution in [0.1, 0.15) is 15.9 Å². The van der Waals surface area contributed by atoms with Crippen LogP contribution in [0.2, 0.25) is 0 Å². The average molecular weight is 343 g/mol. The molecule has 4 aromatic rings. The number of carbonyl (C=O) groups excluding carboxylic acids is 1. The molecule has 0 saturated carbocycles. The van der Waals surface area contributed by atoms with E-state index in [4.69, 9.17) is 9.72 Å². The second-order valence-corrected chi connectivity index (χ2v) is 5.87. The first kappa shape index (κ1) is 16.0. The number of nitrogens with zero attached hydrogens (tertiary/aromatic N) is 3. The van der Waals surface area contributed by atoms with Gasteiger partial charge in [-0.3, -0.25) is 4.98 Å². The van der Waals surface area contributed by atoms with Gasteiger partial charge in [-0.2, -0.15) is 0 Å². The van der Waals surface area contributed by atoms with Crippen LogP contribution >= 0.6 is 0 Å². The van der Waals surface area contributed by atoms with E-state index in [0.717, 1.165) is 28.1 Å². The summed E-state index contributed by atoms with van der Waals surface area (Å²) >= 11 is 0. The van der Waals surface area contributed by atoms with Gasteiger partial charge in [0, 0.05) is 6.20 Å². The maximum absolute atomic E-state index is 12.1. The summed E-state index contributed by atoms with van der Waals surface area (Å²) in [6.45, 7) is 0.498. The highest BCUT2D eigenvalue weighted by atomic mass is 16.5. The van der Waals surface area contributed by atoms with E-state index in [-0.39, 0.29) is 5.97 Å². The van der Waals surface area contributed by atoms with E-state index < -0.39 is 0 Å². The van der Waals surface area contributed by atoms with E-state index in [9.17, 15) is 4.79 Å². The largest absolute Gasteiger partial charge is 0.465 e. The number of fused-ring (bicyclic) bond motifs is 1. The minimum Gasteiger partial charge on any atom is -0.465 e. The Morgan fingerprint density at radius 2 is 1.77 bits per heavy atom. The first-order chi connectivity index (χ1) is 12.8. The molecule has 0 radical (unpaired) electrons. The number of ether oxygens (including phenoxy) is 1. The van der Waals surface area contributed by atoms with Crippen molar-refractivity contribution < 1.29 is 9.53 Å². The maximum atomic E-state index is 12.1. The lowest BCUT2D eigenvalue weighted by molar-refractivity contribution is 0.0599. The van der Waals surface area contributed by atoms with Gasteiger partial charge in [0.25, 0.3) is 0 Å². The van der Waals surface area contributed by atoms with E-state index in [1.54, 1.807) is 12.3 Å². The van der Waals surface area contributed by atoms with Crippen LogP contribution in [0.25, 0.3) is 22.6 Å². The van der Waals surface area contributed by atoms with Gasteiger partial charge in [-0.05, 0) is 35.9 Å². The van der Waals surface area contributed by atoms with Crippen molar-refractivity contribution in [2.75, 3.05) is 7.11 Å². The molecule has 2 heterocycles. The Hall–Kier alpha value is -3.47. The Kier molecular flexibility index (Phi) is 4.19. The van der Waals surface area contributed by atoms with Crippen LogP contribution in [-0.4, -0.2) is 27.6 Å². The van der Waals surface area contributed by atoms with Crippen LogP contribution in [0, 0.1) is 0 Å². The lowest BCUT2D eigenvalue weighted by atomic mass is 10.1. The van der Waals surface area contributed by atoms with Crippen LogP contribution in [0.5, 0.6) is 0 Å². The normalized spacial score (nSPS) is 10.8. The van der Waals surface area contributed by atoms with Crippen LogP contribution in [-0.2, 0) is 11.3 Å². The number of carbonyl (C=O) groups is 1. The van der Waals surface area contributed by atoms with Gasteiger partial charge < -0.3 is 9.30 Å². The molecule has 128 valence electrons. The lowest BCUT2D eigenvalue weighted by Gasteiger charge is -2.12. The molecule has 0 unspecified atom stereocenters. The van der Waals surface area contributed by atoms with Crippen molar-refractivity contribution in [2.45, 2.75) is 6.54 Å². The summed E-state index contributed by atoms with van der Waals surface area (Å²) in [4.78, 5) is 21.3. The van der Waals surface area contributed by atoms with Crippen LogP contribution in [0.4, 0.5) is 0 Å². The Labute approximate surface area is 150 Å². The van der Waals surface area contributed by atoms with Crippen LogP contribution in [0.15, 0.2) is 72.9 Å². The number of imidazole rings is 1. The predicted octanol–water partition coefficient (Wildman–Crippen LogP) is 3.93. The number of rotatable bonds is 4. The highest BCUT2D eigenvalue weighted by molar-refractivity contribution is 5.91. The molecule has 4 rings (SSSR count). The van der Waals surface area contributed by atoms with Crippen LogP contribution < -0.4 is 0 Å². The molecule has 0 aliphatic rings. The van der Waals surface area contributed by atoms with Gasteiger partial charge in [-0.15, -0.1) is 0 Å². The van der Waals surface area contributed by atoms with E-state index >= 15 is 0 Å². The zero-order valence-corrected chi connectivity index (χ0v) is 14.3. The number of benzene rings is 2. The van der Waals surface area contributed by atoms with Gasteiger partial charge in [0.15, 0.2) is 5.82 Å². The Balaban J connectivity index is 1.88. The van der Waals surface area contributed by atoms with Crippen molar-refractivity contribution in [3.8, 4) is 11.5 Å². The van der Waals surface area contributed by atoms with Crippen molar-refractivity contribution in [1.82, 2.24) is 14.5 Å². The van der Waals surface area contributed by atoms with E-state index in [0.29, 0.717) is 12.1 Å². The van der Waals surface area contributed by atoms with Crippen LogP contribution in [0.3, 0.4) is 0 Å². The molecule has 0 aliphatic heterocycles. The maximum Gasteiger partial charge on any atom is 0.338 e. The molecular formula is C21H17N3O2. The molecule has 0 atom stereocenters. The summed E-state index contributed by atoms with van der Waals surface area (Å²) in [5.74, 6) is 0.427. The zero-order valence-electron chi connectivity index (χ0n) is 14.3. The third-order valence-electron chi connectivity index (χ3n) is 4.30. The number of aromatic nitrogens is 3. The number of hydrogen-bond acceptors (Lipinski definition) is 4. The molecule has 0 N–H and O–H groups in total. The Morgan fingerprint density at radius 3 is 2.58 bits per heavy atom. The number of para-hydroxylation sites is 2. The molecule has 0 bridgehead atoms. The Bertz CT molecular complexity index is 1070. The van der Waals surface area contributed by atoms with Gasteiger partial charge in [0.05, 0.1) is 30.3 Å². The Morgan fingerprint density at radius 1 is 1.00 bits per heavy atom. The van der Waals surface area contributed by atoms with Gasteiger partial charge in [-0.25, -0.2) is 9.78 Å². The number of esters is 1. The second-order valence-electron chi connectivity index (χ2n) is 5.87. The fourth-order valence-corrected chi connectivity index (χ4v) is 3.06. The molecule has 5 heteroatoms. The molecule has 26 heavy (non-hydrogen) atoms. The highest BCUT2D eigenvalue weighted by Gasteiger charge is 2.17. The standard InChI is InChI=1S/C21H17N3O2/c1-26-21(25)16-9-3-2-8-15(16)14-24-19-12-5-4-10-17(19)23-20(24)18-11-6-7-13-22-18/h2-13H,14H2,1H3. The molecule has 0 aliphatic carbocycles. The molecule has 2 aromatic carbocycles. The van der Waals surface area contributed by atoms with E-state index in [1.807, 2.05) is 60.7 Å². The van der Waals surface area contributed by atoms with Crippen molar-refractivity contribution in [1.29, 1.82) is 0 Å². The zero-order chi connectivity index (χ0) is 17.9. The monoisotopic (exact) mass is 343 g/mol. The molecule has 5 nitrogen and oxygen atoms in total. The lowest BCUT2D eigenvalue weighted by Crippen LogP contribution is -2.10. The van der Waals surface area contributed by atoms with Crippen molar-refractivity contribution in [3.05, 3.63) is 84.1 Å². The fourth-order valence-electron chi connectivity index (χ4n) is 3.06. The topological polar surface area (TPSA) is 57.0 Å². The summed E-state index contributed by atoms with van der Waals surface area (Å²) in [5.41, 5.74) is 4.11. The summed E-state index contributed by atoms with van der Waals surface area (Å²) in [6, 6.07) is 21.2. The first-order valence-corrected chi connectivity index (χ1v) is 8.31. The van der Waals surface area contributed by atoms with Crippen molar-refractivity contribution >= 4 is 17.0 Å². The third-order valence-corrected chi connectivity index (χ3v) is 4.30. The molecular weight excluding hydrogens is 326 g/mol. The van der Waals surface area contributed by atoms with Crippen molar-refractivity contribution in [3.63, 3.8) is 0 Å². The second kappa shape index (κ2) is 6.80. The fraction of sp³-hybridized carbons (Fsp3) is 0.0952. The molecule has 2 aromatic heterocycles. The quantitative estimate of drug-likeness (QED) is 0.527. The first-order valence-electron chi connectivity index (χ1n) is 8.31. The summed E-state index contributed by atoms with van der Waals surface area (Å²) < 4.78 is 7.01. The molecule has 0 saturated heterocycles. The smallest absolute Gasteiger partial charge is 0.338 e. The summed E-state index contributed by atoms with van der Waals surface area (Å²) in [7, 11) is 1.39. The SMILES string of the molecule is COC(=O)c1ccccc1Cn1c(-c2ccccn2)nc2ccccc21. The van der Waals surface area contributed by atoms with Gasteiger partial charge in [0.2, 0.25) is 0 Å². The molecule has 0 fully saturated rings. The summed E-state index contributed by atoms with van der Waals surface area (Å²) in [5, 5.41) is 0. The van der Waals surface area contributed by atoms with Gasteiger partial charge in [0.1, 0.15) is 5.69 Å². The minimum absolute atomic E-state index is 0.343. The third kappa shape index (κ3) is 2.84. The van der Waals surface area contributed by atoms with E-state index in [1.165, 1.54) is 7.11 Å². The summed E-state index contributed by atoms with van der Waals surface area (Å²) in [6.07, 6.45) is 1.75. The van der Waals surface area contributed by atoms with Crippen molar-refractivity contribution in [2.24, 2.45) is 0 Å². The van der Waals surface area contributed by atoms with Gasteiger partial charge in [-0.1, -0.05) is 36.4 Å². The van der Waals surface area contributed by atoms with Gasteiger partial charge >= 0.3 is 5.97 Å². The number of methoxy groups -OCH3 is 1. The molecule has 0 amide bonds. The highest BCUT2D eigenvalue weighted by Crippen LogP contribution is 2.25. The molecule has 0 spiro atoms. The number of pyridine rings is 1. The average Bonchev–Trinajstić information content (AvgIpc) is 3.07. The van der Waals surface area contributed by atoms with E-state index in [2.05, 4.69) is 9.55 Å². The predicted molar refractivity (Wildman–Crippen MR) is 99.8 cm³/mol. The minimum atomic E-state index is -0.343.